The van der Waals surface area contributed by atoms with Crippen molar-refractivity contribution >= 4 is 11.0 Å². The first-order valence-electron chi connectivity index (χ1n) is 8.61. The molecule has 0 atom stereocenters. The molecule has 0 N–H and O–H groups in total. The summed E-state index contributed by atoms with van der Waals surface area (Å²) in [5, 5.41) is 10.0. The lowest BCUT2D eigenvalue weighted by molar-refractivity contribution is 0.175. The normalized spacial score (nSPS) is 11.8. The minimum absolute atomic E-state index is 0.161. The zero-order valence-corrected chi connectivity index (χ0v) is 15.3. The minimum Gasteiger partial charge on any atom is -0.461 e. The molecule has 3 aromatic rings. The molecule has 0 spiro atoms. The summed E-state index contributed by atoms with van der Waals surface area (Å²) in [6.45, 7) is 7.62. The maximum atomic E-state index is 8.92. The maximum absolute atomic E-state index is 8.92. The van der Waals surface area contributed by atoms with Gasteiger partial charge in [-0.05, 0) is 69.3 Å². The Kier molecular flexibility index (Phi) is 4.65. The average molecular weight is 332 g/mol. The van der Waals surface area contributed by atoms with Crippen LogP contribution in [0.4, 0.5) is 0 Å². The van der Waals surface area contributed by atoms with Crippen LogP contribution in [0.2, 0.25) is 0 Å². The zero-order chi connectivity index (χ0) is 18.0. The molecular formula is C22H24N2O. The van der Waals surface area contributed by atoms with Crippen LogP contribution in [0, 0.1) is 11.3 Å². The first-order valence-corrected chi connectivity index (χ1v) is 8.61. The number of nitriles is 1. The molecule has 3 heteroatoms. The summed E-state index contributed by atoms with van der Waals surface area (Å²) in [5.74, 6) is 1.02. The summed E-state index contributed by atoms with van der Waals surface area (Å²) in [7, 11) is 2.14. The molecule has 128 valence electrons. The number of rotatable bonds is 4. The van der Waals surface area contributed by atoms with Crippen LogP contribution in [0.5, 0.6) is 0 Å². The second-order valence-corrected chi connectivity index (χ2v) is 7.50. The van der Waals surface area contributed by atoms with Gasteiger partial charge in [0.1, 0.15) is 11.3 Å². The largest absolute Gasteiger partial charge is 0.461 e. The number of likely N-dealkylation sites (N-methyl/N-ethyl adjacent to an activating group) is 1. The standard InChI is InChI=1S/C22H24N2O/c1-22(2,3)24(4)12-11-20-14-19-13-18(9-10-21(19)25-20)17-7-5-16(15-23)6-8-17/h5-10,13-14H,11-12H2,1-4H3. The highest BCUT2D eigenvalue weighted by Gasteiger charge is 2.17. The molecule has 0 bridgehead atoms. The molecule has 2 aromatic carbocycles. The van der Waals surface area contributed by atoms with Gasteiger partial charge in [0.05, 0.1) is 11.6 Å². The number of furan rings is 1. The van der Waals surface area contributed by atoms with Crippen LogP contribution >= 0.6 is 0 Å². The Morgan fingerprint density at radius 2 is 1.68 bits per heavy atom. The van der Waals surface area contributed by atoms with Gasteiger partial charge in [0.15, 0.2) is 0 Å². The summed E-state index contributed by atoms with van der Waals surface area (Å²) >= 11 is 0. The van der Waals surface area contributed by atoms with Gasteiger partial charge in [0.25, 0.3) is 0 Å². The van der Waals surface area contributed by atoms with E-state index in [1.54, 1.807) is 0 Å². The fourth-order valence-electron chi connectivity index (χ4n) is 2.75. The number of nitrogens with zero attached hydrogens (tertiary/aromatic N) is 2. The maximum Gasteiger partial charge on any atom is 0.134 e. The van der Waals surface area contributed by atoms with Crippen molar-refractivity contribution in [2.45, 2.75) is 32.7 Å². The summed E-state index contributed by atoms with van der Waals surface area (Å²) in [5.41, 5.74) is 4.01. The van der Waals surface area contributed by atoms with Crippen LogP contribution in [0.1, 0.15) is 32.1 Å². The Labute approximate surface area is 149 Å². The van der Waals surface area contributed by atoms with Gasteiger partial charge in [-0.15, -0.1) is 0 Å². The van der Waals surface area contributed by atoms with Crippen molar-refractivity contribution < 1.29 is 4.42 Å². The molecule has 0 saturated heterocycles. The predicted molar refractivity (Wildman–Crippen MR) is 102 cm³/mol. The first kappa shape index (κ1) is 17.3. The van der Waals surface area contributed by atoms with Crippen LogP contribution in [0.25, 0.3) is 22.1 Å². The minimum atomic E-state index is 0.161. The van der Waals surface area contributed by atoms with E-state index in [1.807, 2.05) is 30.3 Å². The molecule has 3 rings (SSSR count). The average Bonchev–Trinajstić information content (AvgIpc) is 3.00. The number of hydrogen-bond donors (Lipinski definition) is 0. The van der Waals surface area contributed by atoms with E-state index in [9.17, 15) is 0 Å². The zero-order valence-electron chi connectivity index (χ0n) is 15.3. The Hall–Kier alpha value is -2.57. The highest BCUT2D eigenvalue weighted by Crippen LogP contribution is 2.27. The lowest BCUT2D eigenvalue weighted by Crippen LogP contribution is -2.39. The van der Waals surface area contributed by atoms with E-state index in [4.69, 9.17) is 9.68 Å². The molecule has 25 heavy (non-hydrogen) atoms. The van der Waals surface area contributed by atoms with Crippen molar-refractivity contribution in [2.75, 3.05) is 13.6 Å². The van der Waals surface area contributed by atoms with Crippen LogP contribution in [0.15, 0.2) is 52.9 Å². The molecule has 0 fully saturated rings. The topological polar surface area (TPSA) is 40.2 Å². The number of fused-ring (bicyclic) bond motifs is 1. The summed E-state index contributed by atoms with van der Waals surface area (Å²) in [6, 6.07) is 18.2. The molecule has 1 aromatic heterocycles. The van der Waals surface area contributed by atoms with Gasteiger partial charge in [-0.3, -0.25) is 0 Å². The molecule has 0 radical (unpaired) electrons. The summed E-state index contributed by atoms with van der Waals surface area (Å²) in [6.07, 6.45) is 0.897. The second-order valence-electron chi connectivity index (χ2n) is 7.50. The lowest BCUT2D eigenvalue weighted by Gasteiger charge is -2.31. The monoisotopic (exact) mass is 332 g/mol. The van der Waals surface area contributed by atoms with Crippen LogP contribution in [0.3, 0.4) is 0 Å². The van der Waals surface area contributed by atoms with E-state index in [-0.39, 0.29) is 5.54 Å². The van der Waals surface area contributed by atoms with E-state index in [2.05, 4.69) is 57.0 Å². The van der Waals surface area contributed by atoms with Crippen molar-refractivity contribution in [1.82, 2.24) is 4.90 Å². The third-order valence-corrected chi connectivity index (χ3v) is 4.75. The molecule has 0 aliphatic rings. The van der Waals surface area contributed by atoms with Gasteiger partial charge < -0.3 is 9.32 Å². The number of benzene rings is 2. The van der Waals surface area contributed by atoms with E-state index in [1.165, 1.54) is 0 Å². The number of hydrogen-bond acceptors (Lipinski definition) is 3. The first-order chi connectivity index (χ1) is 11.9. The van der Waals surface area contributed by atoms with Crippen LogP contribution in [-0.4, -0.2) is 24.0 Å². The molecule has 0 aliphatic carbocycles. The van der Waals surface area contributed by atoms with Gasteiger partial charge in [-0.25, -0.2) is 0 Å². The lowest BCUT2D eigenvalue weighted by atomic mass is 10.0. The summed E-state index contributed by atoms with van der Waals surface area (Å²) in [4.78, 5) is 2.34. The van der Waals surface area contributed by atoms with Gasteiger partial charge in [0, 0.05) is 23.9 Å². The molecule has 0 unspecified atom stereocenters. The van der Waals surface area contributed by atoms with E-state index in [0.717, 1.165) is 40.8 Å². The van der Waals surface area contributed by atoms with Gasteiger partial charge in [-0.1, -0.05) is 18.2 Å². The predicted octanol–water partition coefficient (Wildman–Crippen LogP) is 5.24. The SMILES string of the molecule is CN(CCc1cc2cc(-c3ccc(C#N)cc3)ccc2o1)C(C)(C)C. The highest BCUT2D eigenvalue weighted by atomic mass is 16.3. The van der Waals surface area contributed by atoms with Crippen LogP contribution in [-0.2, 0) is 6.42 Å². The molecule has 0 saturated carbocycles. The van der Waals surface area contributed by atoms with Crippen molar-refractivity contribution in [2.24, 2.45) is 0 Å². The van der Waals surface area contributed by atoms with Crippen molar-refractivity contribution in [1.29, 1.82) is 5.26 Å². The van der Waals surface area contributed by atoms with E-state index < -0.39 is 0 Å². The Balaban J connectivity index is 1.80. The third-order valence-electron chi connectivity index (χ3n) is 4.75. The second kappa shape index (κ2) is 6.74. The van der Waals surface area contributed by atoms with Gasteiger partial charge in [0.2, 0.25) is 0 Å². The van der Waals surface area contributed by atoms with Gasteiger partial charge >= 0.3 is 0 Å². The van der Waals surface area contributed by atoms with Gasteiger partial charge in [-0.2, -0.15) is 5.26 Å². The Morgan fingerprint density at radius 3 is 2.32 bits per heavy atom. The van der Waals surface area contributed by atoms with E-state index >= 15 is 0 Å². The third kappa shape index (κ3) is 3.92. The Morgan fingerprint density at radius 1 is 1.00 bits per heavy atom. The fourth-order valence-corrected chi connectivity index (χ4v) is 2.75. The van der Waals surface area contributed by atoms with Crippen LogP contribution < -0.4 is 0 Å². The van der Waals surface area contributed by atoms with Crippen molar-refractivity contribution in [3.63, 3.8) is 0 Å². The molecule has 3 nitrogen and oxygen atoms in total. The smallest absolute Gasteiger partial charge is 0.134 e. The molecule has 0 aliphatic heterocycles. The fraction of sp³-hybridized carbons (Fsp3) is 0.318. The quantitative estimate of drug-likeness (QED) is 0.655. The highest BCUT2D eigenvalue weighted by molar-refractivity contribution is 5.84. The summed E-state index contributed by atoms with van der Waals surface area (Å²) < 4.78 is 5.99. The van der Waals surface area contributed by atoms with Crippen molar-refractivity contribution in [3.8, 4) is 17.2 Å². The molecule has 1 heterocycles. The molecule has 0 amide bonds. The van der Waals surface area contributed by atoms with E-state index in [0.29, 0.717) is 5.56 Å². The van der Waals surface area contributed by atoms with Crippen molar-refractivity contribution in [3.05, 3.63) is 59.9 Å². The molecular weight excluding hydrogens is 308 g/mol. The Bertz CT molecular complexity index is 908.